The first-order valence-corrected chi connectivity index (χ1v) is 11.4. The highest BCUT2D eigenvalue weighted by Crippen LogP contribution is 2.22. The van der Waals surface area contributed by atoms with E-state index in [1.54, 1.807) is 16.4 Å². The second kappa shape index (κ2) is 7.80. The van der Waals surface area contributed by atoms with E-state index in [-0.39, 0.29) is 4.90 Å². The van der Waals surface area contributed by atoms with E-state index < -0.39 is 15.8 Å². The summed E-state index contributed by atoms with van der Waals surface area (Å²) >= 11 is 8.31. The van der Waals surface area contributed by atoms with E-state index in [0.717, 1.165) is 10.4 Å². The fraction of sp³-hybridized carbons (Fsp3) is 0.429. The zero-order chi connectivity index (χ0) is 18.0. The average molecular weight is 421 g/mol. The van der Waals surface area contributed by atoms with Crippen molar-refractivity contribution in [2.45, 2.75) is 15.9 Å². The van der Waals surface area contributed by atoms with Gasteiger partial charge in [-0.25, -0.2) is 17.5 Å². The molecule has 0 aliphatic carbocycles. The van der Waals surface area contributed by atoms with E-state index in [4.69, 9.17) is 12.2 Å². The molecule has 1 aliphatic rings. The number of halogens is 1. The van der Waals surface area contributed by atoms with E-state index >= 15 is 0 Å². The molecule has 1 aromatic carbocycles. The maximum absolute atomic E-state index is 13.8. The van der Waals surface area contributed by atoms with Crippen LogP contribution < -0.4 is 0 Å². The van der Waals surface area contributed by atoms with Crippen LogP contribution in [0.3, 0.4) is 0 Å². The summed E-state index contributed by atoms with van der Waals surface area (Å²) < 4.78 is 43.7. The first-order valence-electron chi connectivity index (χ1n) is 7.51. The van der Waals surface area contributed by atoms with Crippen LogP contribution >= 0.6 is 35.3 Å². The van der Waals surface area contributed by atoms with Crippen molar-refractivity contribution in [3.8, 4) is 0 Å². The SMILES string of the molecule is CSc1nn(CN2CCN(S(=O)(=O)c3ccccc3F)CC2)c(=S)s1. The molecule has 1 aromatic heterocycles. The summed E-state index contributed by atoms with van der Waals surface area (Å²) in [7, 11) is -3.81. The monoisotopic (exact) mass is 420 g/mol. The summed E-state index contributed by atoms with van der Waals surface area (Å²) in [4.78, 5) is 1.82. The molecular weight excluding hydrogens is 403 g/mol. The minimum Gasteiger partial charge on any atom is -0.282 e. The van der Waals surface area contributed by atoms with Crippen molar-refractivity contribution in [1.29, 1.82) is 0 Å². The Morgan fingerprint density at radius 3 is 2.56 bits per heavy atom. The summed E-state index contributed by atoms with van der Waals surface area (Å²) in [5.41, 5.74) is 0. The Balaban J connectivity index is 1.66. The highest BCUT2D eigenvalue weighted by atomic mass is 32.2. The zero-order valence-electron chi connectivity index (χ0n) is 13.5. The van der Waals surface area contributed by atoms with Gasteiger partial charge in [0.25, 0.3) is 0 Å². The normalized spacial score (nSPS) is 17.0. The Kier molecular flexibility index (Phi) is 5.91. The first-order chi connectivity index (χ1) is 11.9. The molecule has 2 aromatic rings. The number of sulfonamides is 1. The highest BCUT2D eigenvalue weighted by Gasteiger charge is 2.30. The van der Waals surface area contributed by atoms with Crippen LogP contribution in [0.15, 0.2) is 33.5 Å². The predicted octanol–water partition coefficient (Wildman–Crippen LogP) is 2.50. The van der Waals surface area contributed by atoms with Crippen molar-refractivity contribution in [3.63, 3.8) is 0 Å². The number of hydrogen-bond acceptors (Lipinski definition) is 7. The average Bonchev–Trinajstić information content (AvgIpc) is 2.95. The van der Waals surface area contributed by atoms with Crippen LogP contribution in [0.2, 0.25) is 0 Å². The van der Waals surface area contributed by atoms with Gasteiger partial charge in [0.1, 0.15) is 10.7 Å². The molecule has 1 saturated heterocycles. The van der Waals surface area contributed by atoms with E-state index in [1.807, 2.05) is 6.26 Å². The maximum atomic E-state index is 13.8. The number of hydrogen-bond donors (Lipinski definition) is 0. The molecule has 1 fully saturated rings. The lowest BCUT2D eigenvalue weighted by Crippen LogP contribution is -2.49. The summed E-state index contributed by atoms with van der Waals surface area (Å²) in [6, 6.07) is 5.47. The van der Waals surface area contributed by atoms with Crippen LogP contribution in [0.1, 0.15) is 0 Å². The molecule has 3 rings (SSSR count). The van der Waals surface area contributed by atoms with E-state index in [1.165, 1.54) is 33.8 Å². The van der Waals surface area contributed by atoms with E-state index in [2.05, 4.69) is 10.00 Å². The van der Waals surface area contributed by atoms with E-state index in [0.29, 0.717) is 36.8 Å². The van der Waals surface area contributed by atoms with Crippen LogP contribution in [0.4, 0.5) is 4.39 Å². The third kappa shape index (κ3) is 4.12. The topological polar surface area (TPSA) is 58.4 Å². The van der Waals surface area contributed by atoms with Gasteiger partial charge in [0.2, 0.25) is 10.0 Å². The number of benzene rings is 1. The number of thioether (sulfide) groups is 1. The lowest BCUT2D eigenvalue weighted by atomic mass is 10.3. The number of piperazine rings is 1. The van der Waals surface area contributed by atoms with Gasteiger partial charge in [0, 0.05) is 26.2 Å². The summed E-state index contributed by atoms with van der Waals surface area (Å²) in [5, 5.41) is 4.42. The number of rotatable bonds is 5. The van der Waals surface area contributed by atoms with Crippen molar-refractivity contribution >= 4 is 45.3 Å². The Morgan fingerprint density at radius 1 is 1.28 bits per heavy atom. The van der Waals surface area contributed by atoms with Crippen LogP contribution in [-0.4, -0.2) is 59.8 Å². The summed E-state index contributed by atoms with van der Waals surface area (Å²) in [6.45, 7) is 2.24. The molecule has 0 N–H and O–H groups in total. The van der Waals surface area contributed by atoms with Gasteiger partial charge in [-0.2, -0.15) is 9.40 Å². The molecule has 0 unspecified atom stereocenters. The standard InChI is InChI=1S/C14H17FN4O2S4/c1-23-13-16-19(14(22)24-13)10-17-6-8-18(9-7-17)25(20,21)12-5-3-2-4-11(12)15/h2-5H,6-10H2,1H3. The van der Waals surface area contributed by atoms with Crippen molar-refractivity contribution in [3.05, 3.63) is 34.0 Å². The summed E-state index contributed by atoms with van der Waals surface area (Å²) in [6.07, 6.45) is 1.95. The van der Waals surface area contributed by atoms with Gasteiger partial charge in [-0.05, 0) is 30.6 Å². The molecule has 0 saturated carbocycles. The third-order valence-electron chi connectivity index (χ3n) is 3.88. The minimum atomic E-state index is -3.81. The van der Waals surface area contributed by atoms with Gasteiger partial charge >= 0.3 is 0 Å². The van der Waals surface area contributed by atoms with Gasteiger partial charge in [-0.3, -0.25) is 4.90 Å². The lowest BCUT2D eigenvalue weighted by Gasteiger charge is -2.33. The molecule has 6 nitrogen and oxygen atoms in total. The third-order valence-corrected chi connectivity index (χ3v) is 8.10. The molecule has 1 aliphatic heterocycles. The fourth-order valence-electron chi connectivity index (χ4n) is 2.55. The van der Waals surface area contributed by atoms with Crippen molar-refractivity contribution in [2.75, 3.05) is 32.4 Å². The molecule has 11 heteroatoms. The zero-order valence-corrected chi connectivity index (χ0v) is 16.7. The number of aromatic nitrogens is 2. The summed E-state index contributed by atoms with van der Waals surface area (Å²) in [5.74, 6) is -0.719. The Labute approximate surface area is 159 Å². The lowest BCUT2D eigenvalue weighted by molar-refractivity contribution is 0.144. The molecule has 136 valence electrons. The van der Waals surface area contributed by atoms with Gasteiger partial charge < -0.3 is 0 Å². The quantitative estimate of drug-likeness (QED) is 0.547. The van der Waals surface area contributed by atoms with Crippen molar-refractivity contribution < 1.29 is 12.8 Å². The highest BCUT2D eigenvalue weighted by molar-refractivity contribution is 8.00. The Bertz CT molecular complexity index is 904. The largest absolute Gasteiger partial charge is 0.282 e. The van der Waals surface area contributed by atoms with Gasteiger partial charge in [0.05, 0.1) is 6.67 Å². The Morgan fingerprint density at radius 2 is 1.96 bits per heavy atom. The minimum absolute atomic E-state index is 0.269. The molecule has 25 heavy (non-hydrogen) atoms. The maximum Gasteiger partial charge on any atom is 0.246 e. The van der Waals surface area contributed by atoms with Crippen LogP contribution in [0.5, 0.6) is 0 Å². The van der Waals surface area contributed by atoms with Crippen LogP contribution in [-0.2, 0) is 16.7 Å². The predicted molar refractivity (Wildman–Crippen MR) is 99.5 cm³/mol. The van der Waals surface area contributed by atoms with Crippen LogP contribution in [0.25, 0.3) is 0 Å². The molecular formula is C14H17FN4O2S4. The van der Waals surface area contributed by atoms with Gasteiger partial charge in [-0.1, -0.05) is 35.2 Å². The molecule has 0 amide bonds. The van der Waals surface area contributed by atoms with E-state index in [9.17, 15) is 12.8 Å². The smallest absolute Gasteiger partial charge is 0.246 e. The second-order valence-electron chi connectivity index (χ2n) is 5.43. The van der Waals surface area contributed by atoms with Crippen LogP contribution in [0, 0.1) is 9.77 Å². The molecule has 0 radical (unpaired) electrons. The molecule has 0 atom stereocenters. The number of nitrogens with zero attached hydrogens (tertiary/aromatic N) is 4. The van der Waals surface area contributed by atoms with Gasteiger partial charge in [-0.15, -0.1) is 0 Å². The van der Waals surface area contributed by atoms with Crippen molar-refractivity contribution in [1.82, 2.24) is 19.0 Å². The van der Waals surface area contributed by atoms with Crippen molar-refractivity contribution in [2.24, 2.45) is 0 Å². The first kappa shape index (κ1) is 18.9. The molecule has 2 heterocycles. The fourth-order valence-corrected chi connectivity index (χ4v) is 5.78. The Hall–Kier alpha value is -0.850. The second-order valence-corrected chi connectivity index (χ2v) is 10.0. The molecule has 0 bridgehead atoms. The molecule has 0 spiro atoms. The van der Waals surface area contributed by atoms with Gasteiger partial charge in [0.15, 0.2) is 8.29 Å².